The van der Waals surface area contributed by atoms with E-state index in [2.05, 4.69) is 20.2 Å². The van der Waals surface area contributed by atoms with E-state index in [0.717, 1.165) is 42.3 Å². The Hall–Kier alpha value is -1.44. The van der Waals surface area contributed by atoms with E-state index in [0.29, 0.717) is 18.9 Å². The molecule has 0 aromatic carbocycles. The summed E-state index contributed by atoms with van der Waals surface area (Å²) in [5.41, 5.74) is 0.970. The first kappa shape index (κ1) is 13.5. The van der Waals surface area contributed by atoms with E-state index in [1.807, 2.05) is 11.4 Å². The predicted octanol–water partition coefficient (Wildman–Crippen LogP) is 1.32. The van der Waals surface area contributed by atoms with Crippen LogP contribution in [0.5, 0.6) is 0 Å². The average Bonchev–Trinajstić information content (AvgIpc) is 2.96. The second kappa shape index (κ2) is 6.34. The molecule has 0 atom stereocenters. The minimum Gasteiger partial charge on any atom is -0.396 e. The predicted molar refractivity (Wildman–Crippen MR) is 80.6 cm³/mol. The maximum atomic E-state index is 8.84. The van der Waals surface area contributed by atoms with Crippen LogP contribution in [0, 0.1) is 0 Å². The quantitative estimate of drug-likeness (QED) is 0.811. The van der Waals surface area contributed by atoms with Gasteiger partial charge in [-0.05, 0) is 17.9 Å². The molecule has 0 amide bonds. The summed E-state index contributed by atoms with van der Waals surface area (Å²) in [6.45, 7) is 4.05. The van der Waals surface area contributed by atoms with Gasteiger partial charge in [0.15, 0.2) is 5.82 Å². The molecule has 7 heteroatoms. The summed E-state index contributed by atoms with van der Waals surface area (Å²) in [4.78, 5) is 11.4. The van der Waals surface area contributed by atoms with Gasteiger partial charge in [0.2, 0.25) is 5.95 Å². The van der Waals surface area contributed by atoms with Crippen LogP contribution in [0.3, 0.4) is 0 Å². The third-order valence-electron chi connectivity index (χ3n) is 3.21. The van der Waals surface area contributed by atoms with Crippen molar-refractivity contribution in [3.8, 4) is 0 Å². The van der Waals surface area contributed by atoms with Crippen molar-refractivity contribution in [3.63, 3.8) is 0 Å². The first-order valence-corrected chi connectivity index (χ1v) is 7.69. The monoisotopic (exact) mass is 294 g/mol. The van der Waals surface area contributed by atoms with Gasteiger partial charge in [0.1, 0.15) is 0 Å². The Labute approximate surface area is 121 Å². The molecule has 20 heavy (non-hydrogen) atoms. The number of aliphatic hydroxyl groups is 1. The van der Waals surface area contributed by atoms with Crippen LogP contribution in [0.2, 0.25) is 0 Å². The highest BCUT2D eigenvalue weighted by Gasteiger charge is 2.18. The Bertz CT molecular complexity index is 568. The van der Waals surface area contributed by atoms with Crippen LogP contribution in [0.15, 0.2) is 11.4 Å². The molecule has 0 spiro atoms. The minimum atomic E-state index is 0.171. The third kappa shape index (κ3) is 2.84. The number of ether oxygens (including phenoxy) is 1. The molecule has 6 nitrogen and oxygen atoms in total. The van der Waals surface area contributed by atoms with Gasteiger partial charge < -0.3 is 20.1 Å². The van der Waals surface area contributed by atoms with Gasteiger partial charge in [-0.25, -0.2) is 4.98 Å². The number of morpholine rings is 1. The summed E-state index contributed by atoms with van der Waals surface area (Å²) in [6, 6.07) is 2.02. The molecule has 0 radical (unpaired) electrons. The van der Waals surface area contributed by atoms with Crippen LogP contribution >= 0.6 is 11.3 Å². The zero-order valence-corrected chi connectivity index (χ0v) is 12.0. The normalized spacial score (nSPS) is 15.8. The highest BCUT2D eigenvalue weighted by molar-refractivity contribution is 7.17. The number of hydrogen-bond acceptors (Lipinski definition) is 7. The van der Waals surface area contributed by atoms with Crippen molar-refractivity contribution < 1.29 is 9.84 Å². The fourth-order valence-corrected chi connectivity index (χ4v) is 3.04. The third-order valence-corrected chi connectivity index (χ3v) is 4.11. The van der Waals surface area contributed by atoms with Gasteiger partial charge in [-0.1, -0.05) is 0 Å². The Kier molecular flexibility index (Phi) is 4.29. The van der Waals surface area contributed by atoms with Crippen LogP contribution in [-0.4, -0.2) is 54.5 Å². The van der Waals surface area contributed by atoms with Crippen molar-refractivity contribution in [1.29, 1.82) is 0 Å². The van der Waals surface area contributed by atoms with Crippen molar-refractivity contribution in [2.75, 3.05) is 49.7 Å². The fourth-order valence-electron chi connectivity index (χ4n) is 2.20. The Morgan fingerprint density at radius 2 is 2.20 bits per heavy atom. The first-order chi connectivity index (χ1) is 9.88. The van der Waals surface area contributed by atoms with Crippen molar-refractivity contribution >= 4 is 33.3 Å². The number of nitrogens with one attached hydrogen (secondary N) is 1. The standard InChI is InChI=1S/C13H18N4O2S/c18-6-1-3-14-13-15-10-2-9-20-11(10)12(16-13)17-4-7-19-8-5-17/h2,9,18H,1,3-8H2,(H,14,15,16). The van der Waals surface area contributed by atoms with E-state index in [-0.39, 0.29) is 6.61 Å². The SMILES string of the molecule is OCCCNc1nc(N2CCOCC2)c2sccc2n1. The van der Waals surface area contributed by atoms with Crippen molar-refractivity contribution in [1.82, 2.24) is 9.97 Å². The summed E-state index contributed by atoms with van der Waals surface area (Å²) in [7, 11) is 0. The average molecular weight is 294 g/mol. The highest BCUT2D eigenvalue weighted by Crippen LogP contribution is 2.30. The van der Waals surface area contributed by atoms with E-state index in [1.165, 1.54) is 0 Å². The molecule has 0 bridgehead atoms. The summed E-state index contributed by atoms with van der Waals surface area (Å²) in [5.74, 6) is 1.62. The number of hydrogen-bond donors (Lipinski definition) is 2. The van der Waals surface area contributed by atoms with Gasteiger partial charge in [-0.2, -0.15) is 4.98 Å². The number of anilines is 2. The van der Waals surface area contributed by atoms with Crippen molar-refractivity contribution in [2.45, 2.75) is 6.42 Å². The zero-order valence-electron chi connectivity index (χ0n) is 11.2. The molecular weight excluding hydrogens is 276 g/mol. The second-order valence-corrected chi connectivity index (χ2v) is 5.53. The summed E-state index contributed by atoms with van der Waals surface area (Å²) < 4.78 is 6.52. The molecule has 2 aromatic rings. The van der Waals surface area contributed by atoms with E-state index in [4.69, 9.17) is 9.84 Å². The Morgan fingerprint density at radius 1 is 1.35 bits per heavy atom. The van der Waals surface area contributed by atoms with Gasteiger partial charge in [-0.15, -0.1) is 11.3 Å². The lowest BCUT2D eigenvalue weighted by Crippen LogP contribution is -2.37. The number of aliphatic hydroxyl groups excluding tert-OH is 1. The molecule has 108 valence electrons. The molecule has 0 saturated carbocycles. The van der Waals surface area contributed by atoms with E-state index < -0.39 is 0 Å². The van der Waals surface area contributed by atoms with Crippen molar-refractivity contribution in [3.05, 3.63) is 11.4 Å². The molecular formula is C13H18N4O2S. The summed E-state index contributed by atoms with van der Waals surface area (Å²) >= 11 is 1.67. The molecule has 0 aliphatic carbocycles. The molecule has 2 aromatic heterocycles. The van der Waals surface area contributed by atoms with E-state index >= 15 is 0 Å². The number of rotatable bonds is 5. The van der Waals surface area contributed by atoms with Gasteiger partial charge in [0.05, 0.1) is 23.4 Å². The topological polar surface area (TPSA) is 70.5 Å². The van der Waals surface area contributed by atoms with Crippen LogP contribution in [0.4, 0.5) is 11.8 Å². The summed E-state index contributed by atoms with van der Waals surface area (Å²) in [5, 5.41) is 14.1. The van der Waals surface area contributed by atoms with Gasteiger partial charge in [-0.3, -0.25) is 0 Å². The molecule has 0 unspecified atom stereocenters. The lowest BCUT2D eigenvalue weighted by atomic mass is 10.3. The number of nitrogens with zero attached hydrogens (tertiary/aromatic N) is 3. The Morgan fingerprint density at radius 3 is 3.00 bits per heavy atom. The molecule has 2 N–H and O–H groups in total. The van der Waals surface area contributed by atoms with Gasteiger partial charge in [0, 0.05) is 26.2 Å². The van der Waals surface area contributed by atoms with Crippen LogP contribution in [0.1, 0.15) is 6.42 Å². The maximum absolute atomic E-state index is 8.84. The molecule has 3 rings (SSSR count). The number of aromatic nitrogens is 2. The lowest BCUT2D eigenvalue weighted by Gasteiger charge is -2.28. The van der Waals surface area contributed by atoms with E-state index in [1.54, 1.807) is 11.3 Å². The van der Waals surface area contributed by atoms with Crippen LogP contribution in [-0.2, 0) is 4.74 Å². The molecule has 1 aliphatic rings. The van der Waals surface area contributed by atoms with Gasteiger partial charge >= 0.3 is 0 Å². The van der Waals surface area contributed by atoms with E-state index in [9.17, 15) is 0 Å². The van der Waals surface area contributed by atoms with Crippen LogP contribution < -0.4 is 10.2 Å². The van der Waals surface area contributed by atoms with Gasteiger partial charge in [0.25, 0.3) is 0 Å². The molecule has 1 aliphatic heterocycles. The molecule has 1 saturated heterocycles. The number of thiophene rings is 1. The lowest BCUT2D eigenvalue weighted by molar-refractivity contribution is 0.122. The summed E-state index contributed by atoms with van der Waals surface area (Å²) in [6.07, 6.45) is 0.692. The minimum absolute atomic E-state index is 0.171. The zero-order chi connectivity index (χ0) is 13.8. The second-order valence-electron chi connectivity index (χ2n) is 4.61. The maximum Gasteiger partial charge on any atom is 0.225 e. The largest absolute Gasteiger partial charge is 0.396 e. The van der Waals surface area contributed by atoms with Crippen molar-refractivity contribution in [2.24, 2.45) is 0 Å². The highest BCUT2D eigenvalue weighted by atomic mass is 32.1. The molecule has 3 heterocycles. The fraction of sp³-hybridized carbons (Fsp3) is 0.538. The smallest absolute Gasteiger partial charge is 0.225 e. The first-order valence-electron chi connectivity index (χ1n) is 6.81. The number of fused-ring (bicyclic) bond motifs is 1. The molecule has 1 fully saturated rings. The van der Waals surface area contributed by atoms with Crippen LogP contribution in [0.25, 0.3) is 10.2 Å². The Balaban J connectivity index is 1.89.